The number of hydrogen-bond acceptors (Lipinski definition) is 5. The molecule has 1 spiro atoms. The zero-order chi connectivity index (χ0) is 12.3. The van der Waals surface area contributed by atoms with Crippen LogP contribution in [0, 0.1) is 0 Å². The van der Waals surface area contributed by atoms with Gasteiger partial charge in [0.05, 0.1) is 38.1 Å². The molecule has 3 fully saturated rings. The number of nitrogens with one attached hydrogen (secondary N) is 1. The van der Waals surface area contributed by atoms with E-state index in [4.69, 9.17) is 18.9 Å². The molecular formula is C13H23NO4. The van der Waals surface area contributed by atoms with Crippen LogP contribution < -0.4 is 5.32 Å². The van der Waals surface area contributed by atoms with E-state index < -0.39 is 0 Å². The third kappa shape index (κ3) is 3.03. The molecule has 3 aliphatic heterocycles. The smallest absolute Gasteiger partial charge is 0.0951 e. The van der Waals surface area contributed by atoms with Crippen molar-refractivity contribution in [2.45, 2.75) is 37.0 Å². The van der Waals surface area contributed by atoms with E-state index in [-0.39, 0.29) is 11.7 Å². The summed E-state index contributed by atoms with van der Waals surface area (Å²) in [5.74, 6) is 0. The van der Waals surface area contributed by atoms with Gasteiger partial charge in [-0.2, -0.15) is 0 Å². The van der Waals surface area contributed by atoms with Crippen molar-refractivity contribution in [3.63, 3.8) is 0 Å². The van der Waals surface area contributed by atoms with Gasteiger partial charge in [-0.15, -0.1) is 0 Å². The Hall–Kier alpha value is -0.200. The number of ether oxygens (including phenoxy) is 4. The molecule has 3 atom stereocenters. The Labute approximate surface area is 108 Å². The maximum atomic E-state index is 5.93. The highest BCUT2D eigenvalue weighted by Gasteiger charge is 2.40. The molecule has 0 aromatic carbocycles. The summed E-state index contributed by atoms with van der Waals surface area (Å²) in [5.41, 5.74) is -0.0140. The second kappa shape index (κ2) is 5.84. The zero-order valence-electron chi connectivity index (χ0n) is 10.9. The Morgan fingerprint density at radius 1 is 1.11 bits per heavy atom. The van der Waals surface area contributed by atoms with Gasteiger partial charge in [-0.3, -0.25) is 0 Å². The SMILES string of the molecule is C1COC(CNC2CCOC3(CCOC3)C2)CO1. The molecule has 1 N–H and O–H groups in total. The van der Waals surface area contributed by atoms with Gasteiger partial charge in [0.1, 0.15) is 0 Å². The summed E-state index contributed by atoms with van der Waals surface area (Å²) in [5, 5.41) is 3.60. The minimum atomic E-state index is -0.0140. The fourth-order valence-electron chi connectivity index (χ4n) is 3.02. The van der Waals surface area contributed by atoms with Gasteiger partial charge < -0.3 is 24.3 Å². The van der Waals surface area contributed by atoms with E-state index in [1.807, 2.05) is 0 Å². The molecule has 0 bridgehead atoms. The molecule has 0 amide bonds. The van der Waals surface area contributed by atoms with E-state index in [0.29, 0.717) is 12.6 Å². The largest absolute Gasteiger partial charge is 0.378 e. The first-order valence-corrected chi connectivity index (χ1v) is 7.01. The highest BCUT2D eigenvalue weighted by atomic mass is 16.6. The highest BCUT2D eigenvalue weighted by Crippen LogP contribution is 2.32. The molecule has 3 rings (SSSR count). The number of rotatable bonds is 3. The van der Waals surface area contributed by atoms with Crippen molar-refractivity contribution in [1.29, 1.82) is 0 Å². The van der Waals surface area contributed by atoms with Crippen LogP contribution >= 0.6 is 0 Å². The first-order chi connectivity index (χ1) is 8.86. The van der Waals surface area contributed by atoms with Crippen molar-refractivity contribution in [3.8, 4) is 0 Å². The van der Waals surface area contributed by atoms with Crippen LogP contribution in [0.15, 0.2) is 0 Å². The standard InChI is InChI=1S/C13H23NO4/c1-3-18-13(2-4-16-10-13)7-11(1)14-8-12-9-15-5-6-17-12/h11-12,14H,1-10H2. The molecule has 104 valence electrons. The molecule has 3 aliphatic rings. The lowest BCUT2D eigenvalue weighted by atomic mass is 9.89. The van der Waals surface area contributed by atoms with Gasteiger partial charge in [-0.05, 0) is 12.8 Å². The zero-order valence-corrected chi connectivity index (χ0v) is 10.9. The molecule has 0 radical (unpaired) electrons. The lowest BCUT2D eigenvalue weighted by Gasteiger charge is -2.38. The average molecular weight is 257 g/mol. The maximum absolute atomic E-state index is 5.93. The van der Waals surface area contributed by atoms with Gasteiger partial charge in [-0.25, -0.2) is 0 Å². The van der Waals surface area contributed by atoms with Crippen LogP contribution in [0.25, 0.3) is 0 Å². The summed E-state index contributed by atoms with van der Waals surface area (Å²) < 4.78 is 22.5. The Morgan fingerprint density at radius 3 is 2.89 bits per heavy atom. The van der Waals surface area contributed by atoms with Crippen molar-refractivity contribution in [3.05, 3.63) is 0 Å². The van der Waals surface area contributed by atoms with Crippen LogP contribution in [0.2, 0.25) is 0 Å². The average Bonchev–Trinajstić information content (AvgIpc) is 2.86. The summed E-state index contributed by atoms with van der Waals surface area (Å²) in [6.45, 7) is 5.47. The van der Waals surface area contributed by atoms with E-state index in [1.165, 1.54) is 0 Å². The Bertz CT molecular complexity index is 262. The molecule has 0 aromatic heterocycles. The predicted octanol–water partition coefficient (Wildman–Crippen LogP) is 0.330. The van der Waals surface area contributed by atoms with E-state index in [1.54, 1.807) is 0 Å². The van der Waals surface area contributed by atoms with E-state index >= 15 is 0 Å². The third-order valence-corrected chi connectivity index (χ3v) is 4.08. The van der Waals surface area contributed by atoms with Crippen molar-refractivity contribution < 1.29 is 18.9 Å². The van der Waals surface area contributed by atoms with Gasteiger partial charge in [-0.1, -0.05) is 0 Å². The lowest BCUT2D eigenvalue weighted by Crippen LogP contribution is -2.50. The fraction of sp³-hybridized carbons (Fsp3) is 1.00. The minimum absolute atomic E-state index is 0.0140. The first-order valence-electron chi connectivity index (χ1n) is 7.01. The lowest BCUT2D eigenvalue weighted by molar-refractivity contribution is -0.100. The van der Waals surface area contributed by atoms with E-state index in [2.05, 4.69) is 5.32 Å². The van der Waals surface area contributed by atoms with Crippen molar-refractivity contribution >= 4 is 0 Å². The Morgan fingerprint density at radius 2 is 2.11 bits per heavy atom. The summed E-state index contributed by atoms with van der Waals surface area (Å²) in [7, 11) is 0. The van der Waals surface area contributed by atoms with Gasteiger partial charge in [0.2, 0.25) is 0 Å². The van der Waals surface area contributed by atoms with E-state index in [0.717, 1.165) is 58.8 Å². The quantitative estimate of drug-likeness (QED) is 0.789. The summed E-state index contributed by atoms with van der Waals surface area (Å²) in [6.07, 6.45) is 3.38. The summed E-state index contributed by atoms with van der Waals surface area (Å²) >= 11 is 0. The van der Waals surface area contributed by atoms with Crippen LogP contribution in [0.3, 0.4) is 0 Å². The van der Waals surface area contributed by atoms with Crippen LogP contribution in [0.4, 0.5) is 0 Å². The predicted molar refractivity (Wildman–Crippen MR) is 65.7 cm³/mol. The van der Waals surface area contributed by atoms with Gasteiger partial charge in [0.15, 0.2) is 0 Å². The molecule has 3 heterocycles. The van der Waals surface area contributed by atoms with Gasteiger partial charge in [0, 0.05) is 32.2 Å². The second-order valence-corrected chi connectivity index (χ2v) is 5.50. The Kier molecular flexibility index (Phi) is 4.16. The number of hydrogen-bond donors (Lipinski definition) is 1. The molecule has 0 aliphatic carbocycles. The van der Waals surface area contributed by atoms with Gasteiger partial charge >= 0.3 is 0 Å². The summed E-state index contributed by atoms with van der Waals surface area (Å²) in [4.78, 5) is 0. The van der Waals surface area contributed by atoms with Gasteiger partial charge in [0.25, 0.3) is 0 Å². The second-order valence-electron chi connectivity index (χ2n) is 5.50. The minimum Gasteiger partial charge on any atom is -0.378 e. The molecule has 3 unspecified atom stereocenters. The van der Waals surface area contributed by atoms with Crippen molar-refractivity contribution in [1.82, 2.24) is 5.32 Å². The fourth-order valence-corrected chi connectivity index (χ4v) is 3.02. The molecule has 0 aromatic rings. The maximum Gasteiger partial charge on any atom is 0.0951 e. The molecule has 5 heteroatoms. The van der Waals surface area contributed by atoms with Crippen LogP contribution in [-0.2, 0) is 18.9 Å². The van der Waals surface area contributed by atoms with E-state index in [9.17, 15) is 0 Å². The molecule has 3 saturated heterocycles. The highest BCUT2D eigenvalue weighted by molar-refractivity contribution is 4.93. The van der Waals surface area contributed by atoms with Crippen molar-refractivity contribution in [2.24, 2.45) is 0 Å². The third-order valence-electron chi connectivity index (χ3n) is 4.08. The van der Waals surface area contributed by atoms with Crippen LogP contribution in [-0.4, -0.2) is 63.9 Å². The molecule has 5 nitrogen and oxygen atoms in total. The normalized spacial score (nSPS) is 41.3. The summed E-state index contributed by atoms with van der Waals surface area (Å²) in [6, 6.07) is 0.519. The topological polar surface area (TPSA) is 49.0 Å². The molecule has 18 heavy (non-hydrogen) atoms. The molecule has 0 saturated carbocycles. The Balaban J connectivity index is 1.44. The molecular weight excluding hydrogens is 234 g/mol. The van der Waals surface area contributed by atoms with Crippen molar-refractivity contribution in [2.75, 3.05) is 46.2 Å². The monoisotopic (exact) mass is 257 g/mol. The van der Waals surface area contributed by atoms with Crippen LogP contribution in [0.5, 0.6) is 0 Å². The first kappa shape index (κ1) is 12.8. The van der Waals surface area contributed by atoms with Crippen LogP contribution in [0.1, 0.15) is 19.3 Å².